The zero-order chi connectivity index (χ0) is 22.5. The molecule has 0 aliphatic rings. The summed E-state index contributed by atoms with van der Waals surface area (Å²) in [7, 11) is 2.89. The van der Waals surface area contributed by atoms with Crippen molar-refractivity contribution < 1.29 is 9.00 Å². The van der Waals surface area contributed by atoms with Crippen LogP contribution in [0.4, 0.5) is 16.6 Å². The largest absolute Gasteiger partial charge is 0.382 e. The van der Waals surface area contributed by atoms with Gasteiger partial charge in [0.05, 0.1) is 26.4 Å². The van der Waals surface area contributed by atoms with Gasteiger partial charge in [0.2, 0.25) is 5.78 Å². The van der Waals surface area contributed by atoms with Crippen LogP contribution in [-0.4, -0.2) is 46.3 Å². The highest BCUT2D eigenvalue weighted by atomic mass is 35.5. The predicted octanol–water partition coefficient (Wildman–Crippen LogP) is 5.07. The second-order valence-corrected chi connectivity index (χ2v) is 10.4. The molecule has 3 rings (SSSR count). The SMILES string of the molecule is CN(C)CCCS(=O)c1cccc(Nc2nc(N)c(C(=O)c3c(Cl)cccc3Cl)s2)c1. The van der Waals surface area contributed by atoms with Crippen LogP contribution in [0.5, 0.6) is 0 Å². The Balaban J connectivity index is 1.76. The quantitative estimate of drug-likeness (QED) is 0.402. The molecule has 0 saturated carbocycles. The Morgan fingerprint density at radius 1 is 1.19 bits per heavy atom. The number of carbonyl (C=O) groups excluding carboxylic acids is 1. The van der Waals surface area contributed by atoms with E-state index in [1.807, 2.05) is 38.4 Å². The molecule has 1 atom stereocenters. The molecule has 1 heterocycles. The van der Waals surface area contributed by atoms with Crippen molar-refractivity contribution in [2.75, 3.05) is 37.4 Å². The Labute approximate surface area is 197 Å². The minimum absolute atomic E-state index is 0.0944. The summed E-state index contributed by atoms with van der Waals surface area (Å²) in [5.41, 5.74) is 6.90. The minimum Gasteiger partial charge on any atom is -0.382 e. The van der Waals surface area contributed by atoms with Crippen molar-refractivity contribution in [3.05, 3.63) is 63.0 Å². The first-order chi connectivity index (χ1) is 14.8. The summed E-state index contributed by atoms with van der Waals surface area (Å²) in [5, 5.41) is 4.09. The summed E-state index contributed by atoms with van der Waals surface area (Å²) < 4.78 is 12.6. The van der Waals surface area contributed by atoms with E-state index in [-0.39, 0.29) is 32.1 Å². The molecule has 6 nitrogen and oxygen atoms in total. The van der Waals surface area contributed by atoms with Crippen molar-refractivity contribution >= 4 is 67.8 Å². The molecular formula is C21H22Cl2N4O2S2. The molecule has 10 heteroatoms. The van der Waals surface area contributed by atoms with Crippen LogP contribution in [0.25, 0.3) is 0 Å². The molecule has 0 aliphatic carbocycles. The van der Waals surface area contributed by atoms with Gasteiger partial charge in [-0.25, -0.2) is 4.98 Å². The van der Waals surface area contributed by atoms with Gasteiger partial charge in [-0.05, 0) is 57.4 Å². The normalized spacial score (nSPS) is 12.2. The van der Waals surface area contributed by atoms with Crippen LogP contribution in [-0.2, 0) is 10.8 Å². The fourth-order valence-electron chi connectivity index (χ4n) is 2.85. The number of anilines is 3. The van der Waals surface area contributed by atoms with E-state index in [0.717, 1.165) is 29.2 Å². The highest BCUT2D eigenvalue weighted by Gasteiger charge is 2.22. The van der Waals surface area contributed by atoms with Gasteiger partial charge in [0.1, 0.15) is 10.7 Å². The van der Waals surface area contributed by atoms with Crippen molar-refractivity contribution in [1.29, 1.82) is 0 Å². The number of hydrogen-bond acceptors (Lipinski definition) is 7. The standard InChI is InChI=1S/C21H22Cl2N4O2S2/c1-27(2)10-5-11-31(29)14-7-3-6-13(12-14)25-21-26-20(24)19(30-21)18(28)17-15(22)8-4-9-16(17)23/h3-4,6-9,12H,5,10-11,24H2,1-2H3,(H,25,26). The van der Waals surface area contributed by atoms with E-state index in [4.69, 9.17) is 28.9 Å². The average Bonchev–Trinajstić information content (AvgIpc) is 3.07. The number of aromatic nitrogens is 1. The van der Waals surface area contributed by atoms with Crippen molar-refractivity contribution in [3.63, 3.8) is 0 Å². The Hall–Kier alpha value is -1.97. The lowest BCUT2D eigenvalue weighted by molar-refractivity contribution is 0.104. The maximum absolute atomic E-state index is 12.9. The third-order valence-corrected chi connectivity index (χ3v) is 7.39. The fraction of sp³-hybridized carbons (Fsp3) is 0.238. The summed E-state index contributed by atoms with van der Waals surface area (Å²) in [4.78, 5) is 20.2. The highest BCUT2D eigenvalue weighted by Crippen LogP contribution is 2.34. The van der Waals surface area contributed by atoms with Gasteiger partial charge in [-0.1, -0.05) is 46.7 Å². The van der Waals surface area contributed by atoms with E-state index in [1.54, 1.807) is 18.2 Å². The topological polar surface area (TPSA) is 88.3 Å². The molecular weight excluding hydrogens is 475 g/mol. The Kier molecular flexibility index (Phi) is 8.07. The highest BCUT2D eigenvalue weighted by molar-refractivity contribution is 7.85. The Bertz CT molecular complexity index is 1100. The first kappa shape index (κ1) is 23.7. The number of nitrogens with zero attached hydrogens (tertiary/aromatic N) is 2. The van der Waals surface area contributed by atoms with Gasteiger partial charge >= 0.3 is 0 Å². The van der Waals surface area contributed by atoms with Crippen molar-refractivity contribution in [3.8, 4) is 0 Å². The van der Waals surface area contributed by atoms with Gasteiger partial charge in [-0.2, -0.15) is 0 Å². The molecule has 0 radical (unpaired) electrons. The second-order valence-electron chi connectivity index (χ2n) is 7.02. The molecule has 0 amide bonds. The number of benzene rings is 2. The number of ketones is 1. The molecule has 1 unspecified atom stereocenters. The van der Waals surface area contributed by atoms with Crippen molar-refractivity contribution in [2.45, 2.75) is 11.3 Å². The molecule has 0 bridgehead atoms. The summed E-state index contributed by atoms with van der Waals surface area (Å²) >= 11 is 13.4. The summed E-state index contributed by atoms with van der Waals surface area (Å²) in [6.45, 7) is 0.883. The van der Waals surface area contributed by atoms with E-state index < -0.39 is 10.8 Å². The molecule has 0 aliphatic heterocycles. The van der Waals surface area contributed by atoms with Gasteiger partial charge in [0.15, 0.2) is 5.13 Å². The molecule has 0 spiro atoms. The van der Waals surface area contributed by atoms with E-state index in [0.29, 0.717) is 16.6 Å². The summed E-state index contributed by atoms with van der Waals surface area (Å²) in [6.07, 6.45) is 0.844. The van der Waals surface area contributed by atoms with Gasteiger partial charge in [-0.15, -0.1) is 0 Å². The number of nitrogens with one attached hydrogen (secondary N) is 1. The number of halogens is 2. The molecule has 164 valence electrons. The zero-order valence-corrected chi connectivity index (χ0v) is 20.2. The average molecular weight is 497 g/mol. The smallest absolute Gasteiger partial charge is 0.209 e. The molecule has 31 heavy (non-hydrogen) atoms. The first-order valence-electron chi connectivity index (χ1n) is 9.41. The number of hydrogen-bond donors (Lipinski definition) is 2. The maximum atomic E-state index is 12.9. The third-order valence-electron chi connectivity index (χ3n) is 4.33. The summed E-state index contributed by atoms with van der Waals surface area (Å²) in [5.74, 6) is 0.301. The fourth-order valence-corrected chi connectivity index (χ4v) is 5.38. The lowest BCUT2D eigenvalue weighted by Crippen LogP contribution is -2.15. The van der Waals surface area contributed by atoms with E-state index >= 15 is 0 Å². The molecule has 2 aromatic carbocycles. The lowest BCUT2D eigenvalue weighted by Gasteiger charge is -2.09. The third kappa shape index (κ3) is 6.05. The molecule has 3 aromatic rings. The van der Waals surface area contributed by atoms with Crippen LogP contribution in [0.2, 0.25) is 10.0 Å². The van der Waals surface area contributed by atoms with Crippen molar-refractivity contribution in [2.24, 2.45) is 0 Å². The minimum atomic E-state index is -1.10. The molecule has 3 N–H and O–H groups in total. The second kappa shape index (κ2) is 10.6. The van der Waals surface area contributed by atoms with Crippen LogP contribution in [0.3, 0.4) is 0 Å². The number of rotatable bonds is 9. The molecule has 0 fully saturated rings. The Morgan fingerprint density at radius 3 is 2.55 bits per heavy atom. The van der Waals surface area contributed by atoms with E-state index in [1.165, 1.54) is 0 Å². The van der Waals surface area contributed by atoms with Crippen LogP contribution in [0.1, 0.15) is 21.7 Å². The number of thiazole rings is 1. The lowest BCUT2D eigenvalue weighted by atomic mass is 10.1. The number of nitrogens with two attached hydrogens (primary N) is 1. The van der Waals surface area contributed by atoms with Gasteiger partial charge in [-0.3, -0.25) is 9.00 Å². The van der Waals surface area contributed by atoms with Crippen LogP contribution in [0, 0.1) is 0 Å². The summed E-state index contributed by atoms with van der Waals surface area (Å²) in [6, 6.07) is 12.2. The monoisotopic (exact) mass is 496 g/mol. The van der Waals surface area contributed by atoms with Crippen LogP contribution < -0.4 is 11.1 Å². The number of carbonyl (C=O) groups is 1. The Morgan fingerprint density at radius 2 is 1.87 bits per heavy atom. The predicted molar refractivity (Wildman–Crippen MR) is 131 cm³/mol. The number of nitrogen functional groups attached to an aromatic ring is 1. The molecule has 1 aromatic heterocycles. The van der Waals surface area contributed by atoms with E-state index in [2.05, 4.69) is 15.2 Å². The molecule has 0 saturated heterocycles. The zero-order valence-electron chi connectivity index (χ0n) is 17.0. The van der Waals surface area contributed by atoms with Gasteiger partial charge < -0.3 is 16.0 Å². The van der Waals surface area contributed by atoms with Gasteiger partial charge in [0.25, 0.3) is 0 Å². The van der Waals surface area contributed by atoms with E-state index in [9.17, 15) is 9.00 Å². The van der Waals surface area contributed by atoms with Crippen molar-refractivity contribution in [1.82, 2.24) is 9.88 Å². The van der Waals surface area contributed by atoms with Gasteiger partial charge in [0, 0.05) is 16.3 Å². The van der Waals surface area contributed by atoms with Crippen LogP contribution in [0.15, 0.2) is 47.4 Å². The first-order valence-corrected chi connectivity index (χ1v) is 12.3. The maximum Gasteiger partial charge on any atom is 0.209 e. The van der Waals surface area contributed by atoms with Crippen LogP contribution >= 0.6 is 34.5 Å².